The molecule has 0 aliphatic rings. The third-order valence-electron chi connectivity index (χ3n) is 3.15. The van der Waals surface area contributed by atoms with E-state index in [-0.39, 0.29) is 32.1 Å². The van der Waals surface area contributed by atoms with E-state index in [4.69, 9.17) is 57.6 Å². The second-order valence-corrected chi connectivity index (χ2v) is 6.56. The number of hydrogen-bond donors (Lipinski definition) is 2. The third kappa shape index (κ3) is 5.09. The largest absolute Gasteiger partial charge is 0.437 e. The molecule has 0 unspecified atom stereocenters. The normalized spacial score (nSPS) is 10.2. The van der Waals surface area contributed by atoms with Crippen molar-refractivity contribution < 1.29 is 9.53 Å². The molecule has 2 amide bonds. The number of nitrogens with one attached hydrogen (secondary N) is 2. The third-order valence-corrected chi connectivity index (χ3v) is 4.81. The van der Waals surface area contributed by atoms with Crippen LogP contribution < -0.4 is 15.4 Å². The number of carbonyl (C=O) groups excluding carboxylic acids is 1. The Labute approximate surface area is 170 Å². The smallest absolute Gasteiger partial charge is 0.319 e. The maximum atomic E-state index is 11.7. The van der Waals surface area contributed by atoms with E-state index in [1.807, 2.05) is 0 Å². The van der Waals surface area contributed by atoms with Gasteiger partial charge in [-0.25, -0.2) is 4.79 Å². The van der Waals surface area contributed by atoms with Crippen molar-refractivity contribution in [2.75, 3.05) is 11.9 Å². The van der Waals surface area contributed by atoms with Crippen molar-refractivity contribution in [1.82, 2.24) is 10.3 Å². The molecule has 0 aliphatic heterocycles. The molecule has 5 nitrogen and oxygen atoms in total. The molecule has 0 saturated carbocycles. The highest BCUT2D eigenvalue weighted by atomic mass is 35.5. The molecule has 1 aromatic carbocycles. The van der Waals surface area contributed by atoms with E-state index in [1.54, 1.807) is 25.1 Å². The molecule has 0 fully saturated rings. The van der Waals surface area contributed by atoms with Crippen LogP contribution in [0.3, 0.4) is 0 Å². The molecule has 26 heavy (non-hydrogen) atoms. The van der Waals surface area contributed by atoms with Gasteiger partial charge in [0.1, 0.15) is 10.8 Å². The summed E-state index contributed by atoms with van der Waals surface area (Å²) in [4.78, 5) is 15.7. The molecule has 136 valence electrons. The van der Waals surface area contributed by atoms with Crippen LogP contribution in [0.1, 0.15) is 12.0 Å². The van der Waals surface area contributed by atoms with Crippen LogP contribution in [0.5, 0.6) is 11.6 Å². The molecule has 0 spiro atoms. The first-order valence-electron chi connectivity index (χ1n) is 7.30. The monoisotopic (exact) mass is 431 g/mol. The van der Waals surface area contributed by atoms with E-state index in [9.17, 15) is 4.79 Å². The van der Waals surface area contributed by atoms with Gasteiger partial charge in [-0.2, -0.15) is 4.98 Å². The molecule has 1 heterocycles. The van der Waals surface area contributed by atoms with Crippen molar-refractivity contribution in [2.24, 2.45) is 0 Å². The van der Waals surface area contributed by atoms with Crippen LogP contribution >= 0.6 is 46.4 Å². The van der Waals surface area contributed by atoms with Gasteiger partial charge in [0.2, 0.25) is 5.88 Å². The minimum Gasteiger partial charge on any atom is -0.437 e. The summed E-state index contributed by atoms with van der Waals surface area (Å²) in [7, 11) is 0. The fourth-order valence-corrected chi connectivity index (χ4v) is 2.66. The van der Waals surface area contributed by atoms with Crippen molar-refractivity contribution in [3.8, 4) is 24.0 Å². The van der Waals surface area contributed by atoms with Crippen LogP contribution in [0, 0.1) is 19.3 Å². The number of pyridine rings is 1. The Morgan fingerprint density at radius 2 is 1.96 bits per heavy atom. The van der Waals surface area contributed by atoms with E-state index < -0.39 is 0 Å². The Bertz CT molecular complexity index is 881. The number of anilines is 1. The summed E-state index contributed by atoms with van der Waals surface area (Å²) >= 11 is 23.9. The second kappa shape index (κ2) is 9.20. The number of terminal acetylenes is 1. The SMILES string of the molecule is C#CCCNC(=O)Nc1ccc(Oc2nc(Cl)c(Cl)c(Cl)c2Cl)c(C)c1. The van der Waals surface area contributed by atoms with Crippen LogP contribution in [0.4, 0.5) is 10.5 Å². The number of benzene rings is 1. The standard InChI is InChI=1S/C17H13Cl4N3O2/c1-3-4-7-22-17(25)23-10-5-6-11(9(2)8-10)26-16-14(20)12(18)13(19)15(21)24-16/h1,5-6,8H,4,7H2,2H3,(H2,22,23,25). The molecule has 0 bridgehead atoms. The van der Waals surface area contributed by atoms with Crippen LogP contribution in [0.15, 0.2) is 18.2 Å². The van der Waals surface area contributed by atoms with E-state index in [0.29, 0.717) is 24.4 Å². The number of halogens is 4. The zero-order chi connectivity index (χ0) is 19.3. The van der Waals surface area contributed by atoms with Crippen LogP contribution in [-0.2, 0) is 0 Å². The van der Waals surface area contributed by atoms with E-state index in [0.717, 1.165) is 5.56 Å². The van der Waals surface area contributed by atoms with Crippen molar-refractivity contribution in [1.29, 1.82) is 0 Å². The topological polar surface area (TPSA) is 63.2 Å². The highest BCUT2D eigenvalue weighted by Gasteiger charge is 2.17. The molecular formula is C17H13Cl4N3O2. The average molecular weight is 433 g/mol. The zero-order valence-corrected chi connectivity index (χ0v) is 16.5. The number of aromatic nitrogens is 1. The van der Waals surface area contributed by atoms with Gasteiger partial charge in [0, 0.05) is 18.7 Å². The Balaban J connectivity index is 2.13. The van der Waals surface area contributed by atoms with E-state index in [2.05, 4.69) is 21.5 Å². The number of hydrogen-bond acceptors (Lipinski definition) is 3. The summed E-state index contributed by atoms with van der Waals surface area (Å²) in [6.07, 6.45) is 5.59. The summed E-state index contributed by atoms with van der Waals surface area (Å²) in [6, 6.07) is 4.69. The summed E-state index contributed by atoms with van der Waals surface area (Å²) in [5, 5.41) is 5.48. The zero-order valence-electron chi connectivity index (χ0n) is 13.5. The quantitative estimate of drug-likeness (QED) is 0.349. The molecule has 0 radical (unpaired) electrons. The van der Waals surface area contributed by atoms with Gasteiger partial charge in [-0.15, -0.1) is 12.3 Å². The van der Waals surface area contributed by atoms with Crippen LogP contribution in [-0.4, -0.2) is 17.6 Å². The van der Waals surface area contributed by atoms with Gasteiger partial charge in [0.25, 0.3) is 0 Å². The number of carbonyl (C=O) groups is 1. The molecule has 2 rings (SSSR count). The van der Waals surface area contributed by atoms with Crippen LogP contribution in [0.2, 0.25) is 20.2 Å². The minimum atomic E-state index is -0.353. The van der Waals surface area contributed by atoms with Crippen molar-refractivity contribution >= 4 is 58.1 Å². The van der Waals surface area contributed by atoms with Gasteiger partial charge < -0.3 is 15.4 Å². The maximum Gasteiger partial charge on any atom is 0.319 e. The molecule has 9 heteroatoms. The maximum absolute atomic E-state index is 11.7. The van der Waals surface area contributed by atoms with E-state index in [1.165, 1.54) is 0 Å². The lowest BCUT2D eigenvalue weighted by atomic mass is 10.2. The summed E-state index contributed by atoms with van der Waals surface area (Å²) in [6.45, 7) is 2.19. The number of rotatable bonds is 5. The van der Waals surface area contributed by atoms with Gasteiger partial charge in [-0.05, 0) is 30.7 Å². The summed E-state index contributed by atoms with van der Waals surface area (Å²) in [5.74, 6) is 2.93. The summed E-state index contributed by atoms with van der Waals surface area (Å²) < 4.78 is 5.67. The predicted molar refractivity (Wildman–Crippen MR) is 106 cm³/mol. The highest BCUT2D eigenvalue weighted by molar-refractivity contribution is 6.51. The van der Waals surface area contributed by atoms with Crippen LogP contribution in [0.25, 0.3) is 0 Å². The van der Waals surface area contributed by atoms with Gasteiger partial charge in [0.05, 0.1) is 10.0 Å². The number of nitrogens with zero attached hydrogens (tertiary/aromatic N) is 1. The van der Waals surface area contributed by atoms with Gasteiger partial charge >= 0.3 is 6.03 Å². The lowest BCUT2D eigenvalue weighted by molar-refractivity contribution is 0.252. The highest BCUT2D eigenvalue weighted by Crippen LogP contribution is 2.41. The molecule has 0 atom stereocenters. The number of amides is 2. The van der Waals surface area contributed by atoms with Crippen molar-refractivity contribution in [2.45, 2.75) is 13.3 Å². The fraction of sp³-hybridized carbons (Fsp3) is 0.176. The Morgan fingerprint density at radius 1 is 1.23 bits per heavy atom. The van der Waals surface area contributed by atoms with E-state index >= 15 is 0 Å². The van der Waals surface area contributed by atoms with Gasteiger partial charge in [0.15, 0.2) is 5.15 Å². The Kier molecular flexibility index (Phi) is 7.24. The first-order valence-corrected chi connectivity index (χ1v) is 8.81. The fourth-order valence-electron chi connectivity index (χ4n) is 1.91. The summed E-state index contributed by atoms with van der Waals surface area (Å²) in [5.41, 5.74) is 1.31. The number of urea groups is 1. The molecule has 1 aromatic heterocycles. The second-order valence-electron chi connectivity index (χ2n) is 5.07. The predicted octanol–water partition coefficient (Wildman–Crippen LogP) is 5.94. The lowest BCUT2D eigenvalue weighted by Crippen LogP contribution is -2.29. The van der Waals surface area contributed by atoms with Gasteiger partial charge in [-0.3, -0.25) is 0 Å². The Hall–Kier alpha value is -1.84. The molecule has 2 aromatic rings. The first kappa shape index (κ1) is 20.5. The van der Waals surface area contributed by atoms with Crippen molar-refractivity contribution in [3.63, 3.8) is 0 Å². The lowest BCUT2D eigenvalue weighted by Gasteiger charge is -2.13. The molecule has 0 aliphatic carbocycles. The molecular weight excluding hydrogens is 420 g/mol. The average Bonchev–Trinajstić information content (AvgIpc) is 2.60. The van der Waals surface area contributed by atoms with Crippen molar-refractivity contribution in [3.05, 3.63) is 44.0 Å². The van der Waals surface area contributed by atoms with Gasteiger partial charge in [-0.1, -0.05) is 46.4 Å². The number of aryl methyl sites for hydroxylation is 1. The molecule has 2 N–H and O–H groups in total. The Morgan fingerprint density at radius 3 is 2.62 bits per heavy atom. The minimum absolute atomic E-state index is 0.0179. The number of ether oxygens (including phenoxy) is 1. The molecule has 0 saturated heterocycles. The first-order chi connectivity index (χ1) is 12.3.